The van der Waals surface area contributed by atoms with Crippen molar-refractivity contribution in [2.75, 3.05) is 38.2 Å². The highest BCUT2D eigenvalue weighted by atomic mass is 32.2. The SMILES string of the molecule is CCNc1sc(S(=O)(=O)N2CCCOCC2)cc1[N+](=O)[O-]. The summed E-state index contributed by atoms with van der Waals surface area (Å²) in [4.78, 5) is 10.4. The van der Waals surface area contributed by atoms with Crippen molar-refractivity contribution < 1.29 is 18.1 Å². The third-order valence-corrected chi connectivity index (χ3v) is 6.43. The van der Waals surface area contributed by atoms with Crippen LogP contribution in [0, 0.1) is 10.1 Å². The smallest absolute Gasteiger partial charge is 0.304 e. The zero-order valence-electron chi connectivity index (χ0n) is 11.6. The number of nitrogens with one attached hydrogen (secondary N) is 1. The van der Waals surface area contributed by atoms with E-state index in [0.717, 1.165) is 17.4 Å². The van der Waals surface area contributed by atoms with Crippen LogP contribution in [0.3, 0.4) is 0 Å². The Bertz CT molecular complexity index is 605. The van der Waals surface area contributed by atoms with Crippen molar-refractivity contribution in [2.45, 2.75) is 17.6 Å². The number of nitro groups is 1. The van der Waals surface area contributed by atoms with E-state index in [0.29, 0.717) is 32.7 Å². The van der Waals surface area contributed by atoms with Gasteiger partial charge in [-0.3, -0.25) is 10.1 Å². The van der Waals surface area contributed by atoms with Gasteiger partial charge in [0.05, 0.1) is 11.5 Å². The lowest BCUT2D eigenvalue weighted by Gasteiger charge is -2.17. The highest BCUT2D eigenvalue weighted by Crippen LogP contribution is 2.38. The van der Waals surface area contributed by atoms with Crippen molar-refractivity contribution >= 4 is 32.0 Å². The molecule has 0 saturated carbocycles. The first-order valence-electron chi connectivity index (χ1n) is 6.56. The second-order valence-electron chi connectivity index (χ2n) is 4.44. The van der Waals surface area contributed by atoms with Crippen LogP contribution in [0.4, 0.5) is 10.7 Å². The topological polar surface area (TPSA) is 102 Å². The highest BCUT2D eigenvalue weighted by molar-refractivity contribution is 7.91. The number of hydrogen-bond acceptors (Lipinski definition) is 7. The minimum Gasteiger partial charge on any atom is -0.380 e. The first-order valence-corrected chi connectivity index (χ1v) is 8.82. The van der Waals surface area contributed by atoms with Crippen LogP contribution >= 0.6 is 11.3 Å². The van der Waals surface area contributed by atoms with Crippen LogP contribution < -0.4 is 5.32 Å². The Morgan fingerprint density at radius 1 is 1.48 bits per heavy atom. The molecule has 1 aromatic heterocycles. The van der Waals surface area contributed by atoms with Crippen LogP contribution in [0.2, 0.25) is 0 Å². The molecule has 0 aromatic carbocycles. The Labute approximate surface area is 126 Å². The molecular weight excluding hydrogens is 318 g/mol. The van der Waals surface area contributed by atoms with E-state index in [9.17, 15) is 18.5 Å². The van der Waals surface area contributed by atoms with Gasteiger partial charge in [0, 0.05) is 32.3 Å². The molecule has 1 aliphatic heterocycles. The summed E-state index contributed by atoms with van der Waals surface area (Å²) in [6.07, 6.45) is 0.618. The average Bonchev–Trinajstić information content (AvgIpc) is 2.68. The van der Waals surface area contributed by atoms with Gasteiger partial charge in [0.15, 0.2) is 5.00 Å². The largest absolute Gasteiger partial charge is 0.380 e. The third-order valence-electron chi connectivity index (χ3n) is 3.00. The summed E-state index contributed by atoms with van der Waals surface area (Å²) in [6.45, 7) is 3.78. The number of rotatable bonds is 5. The number of hydrogen-bond donors (Lipinski definition) is 1. The van der Waals surface area contributed by atoms with E-state index in [1.54, 1.807) is 6.92 Å². The van der Waals surface area contributed by atoms with E-state index in [-0.39, 0.29) is 21.4 Å². The summed E-state index contributed by atoms with van der Waals surface area (Å²) < 4.78 is 31.7. The molecule has 1 N–H and O–H groups in total. The molecule has 10 heteroatoms. The Hall–Kier alpha value is -1.23. The monoisotopic (exact) mass is 335 g/mol. The summed E-state index contributed by atoms with van der Waals surface area (Å²) in [5.41, 5.74) is -0.202. The molecule has 0 atom stereocenters. The molecule has 21 heavy (non-hydrogen) atoms. The van der Waals surface area contributed by atoms with Gasteiger partial charge < -0.3 is 10.1 Å². The lowest BCUT2D eigenvalue weighted by molar-refractivity contribution is -0.383. The van der Waals surface area contributed by atoms with Crippen molar-refractivity contribution in [3.63, 3.8) is 0 Å². The van der Waals surface area contributed by atoms with Crippen LogP contribution in [0.15, 0.2) is 10.3 Å². The fourth-order valence-electron chi connectivity index (χ4n) is 2.00. The van der Waals surface area contributed by atoms with Crippen molar-refractivity contribution in [3.05, 3.63) is 16.2 Å². The van der Waals surface area contributed by atoms with Gasteiger partial charge >= 0.3 is 5.69 Å². The van der Waals surface area contributed by atoms with Crippen molar-refractivity contribution in [1.29, 1.82) is 0 Å². The van der Waals surface area contributed by atoms with E-state index in [1.165, 1.54) is 4.31 Å². The van der Waals surface area contributed by atoms with E-state index < -0.39 is 14.9 Å². The molecule has 8 nitrogen and oxygen atoms in total. The molecule has 1 saturated heterocycles. The van der Waals surface area contributed by atoms with Crippen molar-refractivity contribution in [2.24, 2.45) is 0 Å². The molecule has 118 valence electrons. The van der Waals surface area contributed by atoms with Gasteiger partial charge in [-0.15, -0.1) is 0 Å². The maximum Gasteiger partial charge on any atom is 0.304 e. The van der Waals surface area contributed by atoms with Gasteiger partial charge in [-0.2, -0.15) is 4.31 Å². The van der Waals surface area contributed by atoms with Crippen LogP contribution in [0.1, 0.15) is 13.3 Å². The fourth-order valence-corrected chi connectivity index (χ4v) is 5.01. The van der Waals surface area contributed by atoms with Gasteiger partial charge in [-0.1, -0.05) is 11.3 Å². The molecule has 1 fully saturated rings. The van der Waals surface area contributed by atoms with Crippen LogP contribution in [0.5, 0.6) is 0 Å². The number of nitrogens with zero attached hydrogens (tertiary/aromatic N) is 2. The lowest BCUT2D eigenvalue weighted by atomic mass is 10.5. The minimum atomic E-state index is -3.71. The molecule has 0 aliphatic carbocycles. The average molecular weight is 335 g/mol. The second-order valence-corrected chi connectivity index (χ2v) is 7.65. The first-order chi connectivity index (χ1) is 9.96. The third kappa shape index (κ3) is 3.51. The first kappa shape index (κ1) is 16.1. The van der Waals surface area contributed by atoms with Crippen molar-refractivity contribution in [1.82, 2.24) is 4.31 Å². The van der Waals surface area contributed by atoms with Crippen LogP contribution in [-0.2, 0) is 14.8 Å². The predicted octanol–water partition coefficient (Wildman–Crippen LogP) is 1.50. The summed E-state index contributed by atoms with van der Waals surface area (Å²) in [7, 11) is -3.71. The zero-order chi connectivity index (χ0) is 15.5. The van der Waals surface area contributed by atoms with Gasteiger partial charge in [0.2, 0.25) is 0 Å². The zero-order valence-corrected chi connectivity index (χ0v) is 13.2. The Kier molecular flexibility index (Phi) is 5.14. The number of ether oxygens (including phenoxy) is 1. The maximum atomic E-state index is 12.6. The number of thiophene rings is 1. The number of anilines is 1. The molecule has 0 amide bonds. The molecule has 1 aliphatic rings. The summed E-state index contributed by atoms with van der Waals surface area (Å²) in [6, 6.07) is 1.13. The molecule has 0 spiro atoms. The van der Waals surface area contributed by atoms with Crippen LogP contribution in [-0.4, -0.2) is 50.5 Å². The molecule has 0 radical (unpaired) electrons. The summed E-state index contributed by atoms with van der Waals surface area (Å²) in [5, 5.41) is 14.1. The van der Waals surface area contributed by atoms with E-state index in [2.05, 4.69) is 5.32 Å². The fraction of sp³-hybridized carbons (Fsp3) is 0.636. The second kappa shape index (κ2) is 6.69. The van der Waals surface area contributed by atoms with E-state index in [1.807, 2.05) is 0 Å². The number of sulfonamides is 1. The van der Waals surface area contributed by atoms with Gasteiger partial charge in [0.1, 0.15) is 4.21 Å². The van der Waals surface area contributed by atoms with Gasteiger partial charge in [0.25, 0.3) is 10.0 Å². The van der Waals surface area contributed by atoms with Crippen molar-refractivity contribution in [3.8, 4) is 0 Å². The minimum absolute atomic E-state index is 0.00736. The quantitative estimate of drug-likeness (QED) is 0.646. The Morgan fingerprint density at radius 2 is 2.24 bits per heavy atom. The maximum absolute atomic E-state index is 12.6. The predicted molar refractivity (Wildman–Crippen MR) is 79.3 cm³/mol. The lowest BCUT2D eigenvalue weighted by Crippen LogP contribution is -2.32. The Balaban J connectivity index is 2.35. The molecule has 1 aromatic rings. The van der Waals surface area contributed by atoms with Gasteiger partial charge in [-0.05, 0) is 13.3 Å². The normalized spacial score (nSPS) is 17.4. The molecular formula is C11H17N3O5S2. The molecule has 2 heterocycles. The molecule has 0 bridgehead atoms. The highest BCUT2D eigenvalue weighted by Gasteiger charge is 2.31. The standard InChI is InChI=1S/C11H17N3O5S2/c1-2-12-11-9(14(15)16)8-10(20-11)21(17,18)13-4-3-6-19-7-5-13/h8,12H,2-7H2,1H3. The molecule has 2 rings (SSSR count). The Morgan fingerprint density at radius 3 is 2.90 bits per heavy atom. The van der Waals surface area contributed by atoms with E-state index in [4.69, 9.17) is 4.74 Å². The summed E-state index contributed by atoms with van der Waals surface area (Å²) >= 11 is 0.897. The summed E-state index contributed by atoms with van der Waals surface area (Å²) in [5.74, 6) is 0. The van der Waals surface area contributed by atoms with Gasteiger partial charge in [-0.25, -0.2) is 8.42 Å². The van der Waals surface area contributed by atoms with Crippen LogP contribution in [0.25, 0.3) is 0 Å². The van der Waals surface area contributed by atoms with E-state index >= 15 is 0 Å². The molecule has 0 unspecified atom stereocenters.